The molecule has 2 heterocycles. The maximum Gasteiger partial charge on any atom is 0.0641 e. The second-order valence-electron chi connectivity index (χ2n) is 3.43. The summed E-state index contributed by atoms with van der Waals surface area (Å²) < 4.78 is 10.5. The van der Waals surface area contributed by atoms with Crippen molar-refractivity contribution in [3.63, 3.8) is 0 Å². The minimum atomic E-state index is 0.432. The lowest BCUT2D eigenvalue weighted by molar-refractivity contribution is -0.140. The Morgan fingerprint density at radius 3 is 2.45 bits per heavy atom. The van der Waals surface area contributed by atoms with Gasteiger partial charge in [0.2, 0.25) is 0 Å². The normalized spacial score (nSPS) is 37.9. The first-order valence-electron chi connectivity index (χ1n) is 4.15. The van der Waals surface area contributed by atoms with Crippen LogP contribution >= 0.6 is 11.6 Å². The number of alkyl halides is 1. The second kappa shape index (κ2) is 3.30. The highest BCUT2D eigenvalue weighted by Crippen LogP contribution is 2.29. The summed E-state index contributed by atoms with van der Waals surface area (Å²) in [7, 11) is 0. The van der Waals surface area contributed by atoms with Crippen LogP contribution in [0.4, 0.5) is 0 Å². The first-order valence-corrected chi connectivity index (χ1v) is 4.69. The van der Waals surface area contributed by atoms with Crippen molar-refractivity contribution in [2.45, 2.75) is 12.5 Å². The number of hydrogen-bond donors (Lipinski definition) is 0. The van der Waals surface area contributed by atoms with Crippen molar-refractivity contribution in [3.8, 4) is 0 Å². The molecule has 0 saturated carbocycles. The second-order valence-corrected chi connectivity index (χ2v) is 3.73. The summed E-state index contributed by atoms with van der Waals surface area (Å²) >= 11 is 5.73. The highest BCUT2D eigenvalue weighted by atomic mass is 35.5. The molecule has 2 rings (SSSR count). The van der Waals surface area contributed by atoms with E-state index in [-0.39, 0.29) is 0 Å². The topological polar surface area (TPSA) is 18.5 Å². The molecule has 0 aromatic heterocycles. The van der Waals surface area contributed by atoms with Crippen LogP contribution < -0.4 is 0 Å². The van der Waals surface area contributed by atoms with Gasteiger partial charge >= 0.3 is 0 Å². The molecule has 2 aliphatic rings. The summed E-state index contributed by atoms with van der Waals surface area (Å²) in [6, 6.07) is 0. The molecule has 0 aromatic carbocycles. The van der Waals surface area contributed by atoms with Gasteiger partial charge in [-0.25, -0.2) is 0 Å². The van der Waals surface area contributed by atoms with Crippen LogP contribution in [0.15, 0.2) is 0 Å². The molecule has 0 radical (unpaired) electrons. The molecule has 2 unspecified atom stereocenters. The molecule has 64 valence electrons. The van der Waals surface area contributed by atoms with Gasteiger partial charge in [0.1, 0.15) is 0 Å². The van der Waals surface area contributed by atoms with Gasteiger partial charge in [-0.15, -0.1) is 11.6 Å². The molecule has 2 aliphatic heterocycles. The van der Waals surface area contributed by atoms with Crippen LogP contribution in [-0.4, -0.2) is 31.8 Å². The van der Waals surface area contributed by atoms with Crippen LogP contribution in [0.2, 0.25) is 0 Å². The molecule has 2 nitrogen and oxygen atoms in total. The molecule has 3 heteroatoms. The zero-order valence-corrected chi connectivity index (χ0v) is 7.22. The molecular weight excluding hydrogens is 164 g/mol. The fraction of sp³-hybridized carbons (Fsp3) is 1.00. The van der Waals surface area contributed by atoms with Gasteiger partial charge < -0.3 is 9.47 Å². The van der Waals surface area contributed by atoms with Gasteiger partial charge in [0.05, 0.1) is 25.9 Å². The quantitative estimate of drug-likeness (QED) is 0.604. The van der Waals surface area contributed by atoms with E-state index < -0.39 is 0 Å². The summed E-state index contributed by atoms with van der Waals surface area (Å²) in [6.45, 7) is 2.71. The first kappa shape index (κ1) is 7.84. The van der Waals surface area contributed by atoms with E-state index >= 15 is 0 Å². The Morgan fingerprint density at radius 2 is 2.09 bits per heavy atom. The molecule has 0 aliphatic carbocycles. The average molecular weight is 177 g/mol. The molecule has 2 atom stereocenters. The minimum absolute atomic E-state index is 0.432. The van der Waals surface area contributed by atoms with E-state index in [1.807, 2.05) is 0 Å². The fourth-order valence-electron chi connectivity index (χ4n) is 1.52. The van der Waals surface area contributed by atoms with Crippen LogP contribution in [0, 0.1) is 11.8 Å². The molecular formula is C8H13ClO2. The van der Waals surface area contributed by atoms with E-state index in [4.69, 9.17) is 21.1 Å². The third-order valence-corrected chi connectivity index (χ3v) is 2.92. The van der Waals surface area contributed by atoms with Crippen molar-refractivity contribution in [1.82, 2.24) is 0 Å². The van der Waals surface area contributed by atoms with Gasteiger partial charge in [0.15, 0.2) is 0 Å². The third-order valence-electron chi connectivity index (χ3n) is 2.52. The molecule has 2 saturated heterocycles. The molecule has 0 bridgehead atoms. The van der Waals surface area contributed by atoms with E-state index in [1.54, 1.807) is 0 Å². The maximum absolute atomic E-state index is 5.73. The zero-order chi connectivity index (χ0) is 7.68. The van der Waals surface area contributed by atoms with Crippen LogP contribution in [0.3, 0.4) is 0 Å². The predicted molar refractivity (Wildman–Crippen MR) is 42.9 cm³/mol. The predicted octanol–water partition coefficient (Wildman–Crippen LogP) is 1.28. The molecule has 2 fully saturated rings. The average Bonchev–Trinajstić information content (AvgIpc) is 1.83. The number of hydrogen-bond acceptors (Lipinski definition) is 2. The van der Waals surface area contributed by atoms with Crippen molar-refractivity contribution in [1.29, 1.82) is 0 Å². The summed E-state index contributed by atoms with van der Waals surface area (Å²) in [5.41, 5.74) is 0. The Morgan fingerprint density at radius 1 is 1.27 bits per heavy atom. The largest absolute Gasteiger partial charge is 0.381 e. The Kier molecular flexibility index (Phi) is 2.35. The SMILES string of the molecule is ClCC1COC1CC1COC1. The van der Waals surface area contributed by atoms with E-state index in [0.29, 0.717) is 12.0 Å². The van der Waals surface area contributed by atoms with Crippen molar-refractivity contribution in [3.05, 3.63) is 0 Å². The lowest BCUT2D eigenvalue weighted by Gasteiger charge is -2.39. The zero-order valence-electron chi connectivity index (χ0n) is 6.46. The van der Waals surface area contributed by atoms with Gasteiger partial charge in [0, 0.05) is 17.7 Å². The highest BCUT2D eigenvalue weighted by molar-refractivity contribution is 6.18. The van der Waals surface area contributed by atoms with E-state index in [0.717, 1.165) is 38.0 Å². The smallest absolute Gasteiger partial charge is 0.0641 e. The van der Waals surface area contributed by atoms with E-state index in [2.05, 4.69) is 0 Å². The lowest BCUT2D eigenvalue weighted by Crippen LogP contribution is -2.44. The van der Waals surface area contributed by atoms with Crippen molar-refractivity contribution >= 4 is 11.6 Å². The van der Waals surface area contributed by atoms with Crippen molar-refractivity contribution in [2.24, 2.45) is 11.8 Å². The van der Waals surface area contributed by atoms with Gasteiger partial charge in [0.25, 0.3) is 0 Å². The highest BCUT2D eigenvalue weighted by Gasteiger charge is 2.34. The van der Waals surface area contributed by atoms with E-state index in [1.165, 1.54) is 0 Å². The van der Waals surface area contributed by atoms with Crippen LogP contribution in [-0.2, 0) is 9.47 Å². The number of halogens is 1. The van der Waals surface area contributed by atoms with E-state index in [9.17, 15) is 0 Å². The van der Waals surface area contributed by atoms with Crippen LogP contribution in [0.25, 0.3) is 0 Å². The van der Waals surface area contributed by atoms with Gasteiger partial charge in [-0.1, -0.05) is 0 Å². The van der Waals surface area contributed by atoms with Gasteiger partial charge in [-0.05, 0) is 6.42 Å². The Labute approximate surface area is 71.8 Å². The summed E-state index contributed by atoms with van der Waals surface area (Å²) in [6.07, 6.45) is 1.58. The summed E-state index contributed by atoms with van der Waals surface area (Å²) in [4.78, 5) is 0. The van der Waals surface area contributed by atoms with Crippen LogP contribution in [0.5, 0.6) is 0 Å². The molecule has 0 N–H and O–H groups in total. The lowest BCUT2D eigenvalue weighted by atomic mass is 9.89. The molecule has 0 spiro atoms. The standard InChI is InChI=1S/C8H13ClO2/c9-2-7-5-11-8(7)1-6-3-10-4-6/h6-8H,1-5H2. The van der Waals surface area contributed by atoms with Crippen molar-refractivity contribution < 1.29 is 9.47 Å². The Bertz CT molecular complexity index is 134. The number of rotatable bonds is 3. The fourth-order valence-corrected chi connectivity index (χ4v) is 1.81. The summed E-state index contributed by atoms with van der Waals surface area (Å²) in [5.74, 6) is 2.10. The molecule has 0 aromatic rings. The van der Waals surface area contributed by atoms with Crippen LogP contribution in [0.1, 0.15) is 6.42 Å². The molecule has 0 amide bonds. The Balaban J connectivity index is 1.69. The van der Waals surface area contributed by atoms with Gasteiger partial charge in [-0.3, -0.25) is 0 Å². The summed E-state index contributed by atoms with van der Waals surface area (Å²) in [5, 5.41) is 0. The molecule has 11 heavy (non-hydrogen) atoms. The van der Waals surface area contributed by atoms with Gasteiger partial charge in [-0.2, -0.15) is 0 Å². The Hall–Kier alpha value is 0.210. The monoisotopic (exact) mass is 176 g/mol. The first-order chi connectivity index (χ1) is 5.40. The maximum atomic E-state index is 5.73. The third kappa shape index (κ3) is 1.53. The minimum Gasteiger partial charge on any atom is -0.381 e. The van der Waals surface area contributed by atoms with Crippen molar-refractivity contribution in [2.75, 3.05) is 25.7 Å². The number of ether oxygens (including phenoxy) is 2.